The first-order valence-corrected chi connectivity index (χ1v) is 5.62. The van der Waals surface area contributed by atoms with Crippen molar-refractivity contribution in [1.29, 1.82) is 0 Å². The van der Waals surface area contributed by atoms with Crippen LogP contribution in [0.4, 0.5) is 8.78 Å². The highest BCUT2D eigenvalue weighted by molar-refractivity contribution is 5.86. The van der Waals surface area contributed by atoms with E-state index in [2.05, 4.69) is 0 Å². The normalized spacial score (nSPS) is 17.3. The van der Waals surface area contributed by atoms with E-state index in [4.69, 9.17) is 4.74 Å². The number of carboxylic acids is 1. The number of ether oxygens (including phenoxy) is 1. The molecule has 0 heterocycles. The third-order valence-electron chi connectivity index (χ3n) is 3.37. The molecule has 1 aliphatic carbocycles. The molecule has 1 aliphatic rings. The lowest BCUT2D eigenvalue weighted by Crippen LogP contribution is -2.22. The summed E-state index contributed by atoms with van der Waals surface area (Å²) >= 11 is 0. The first-order valence-electron chi connectivity index (χ1n) is 5.62. The van der Waals surface area contributed by atoms with Gasteiger partial charge in [0, 0.05) is 12.5 Å². The number of benzene rings is 1. The third-order valence-corrected chi connectivity index (χ3v) is 3.37. The van der Waals surface area contributed by atoms with Crippen LogP contribution in [0.3, 0.4) is 0 Å². The minimum absolute atomic E-state index is 0.00935. The van der Waals surface area contributed by atoms with E-state index in [0.717, 1.165) is 6.92 Å². The number of para-hydroxylation sites is 1. The fourth-order valence-corrected chi connectivity index (χ4v) is 2.20. The monoisotopic (exact) mass is 256 g/mol. The number of methoxy groups -OCH3 is 1. The molecule has 0 saturated heterocycles. The van der Waals surface area contributed by atoms with Crippen molar-refractivity contribution in [3.8, 4) is 5.75 Å². The maximum absolute atomic E-state index is 13.5. The summed E-state index contributed by atoms with van der Waals surface area (Å²) in [5, 5.41) is 9.23. The Morgan fingerprint density at radius 2 is 2.06 bits per heavy atom. The van der Waals surface area contributed by atoms with Crippen LogP contribution in [-0.2, 0) is 16.1 Å². The van der Waals surface area contributed by atoms with Gasteiger partial charge in [0.1, 0.15) is 5.75 Å². The molecule has 0 aromatic heterocycles. The van der Waals surface area contributed by atoms with Crippen LogP contribution in [0.15, 0.2) is 18.2 Å². The van der Waals surface area contributed by atoms with Crippen molar-refractivity contribution in [1.82, 2.24) is 0 Å². The third kappa shape index (κ3) is 1.83. The lowest BCUT2D eigenvalue weighted by atomic mass is 9.91. The van der Waals surface area contributed by atoms with E-state index >= 15 is 0 Å². The fourth-order valence-electron chi connectivity index (χ4n) is 2.20. The average Bonchev–Trinajstić information content (AvgIpc) is 3.07. The molecule has 0 amide bonds. The van der Waals surface area contributed by atoms with E-state index in [-0.39, 0.29) is 11.3 Å². The SMILES string of the molecule is COc1c(C(C)(F)F)cccc1C1(C(=O)O)CC1. The van der Waals surface area contributed by atoms with Crippen molar-refractivity contribution < 1.29 is 23.4 Å². The van der Waals surface area contributed by atoms with Crippen molar-refractivity contribution >= 4 is 5.97 Å². The van der Waals surface area contributed by atoms with Gasteiger partial charge >= 0.3 is 5.97 Å². The number of carbonyl (C=O) groups is 1. The molecule has 5 heteroatoms. The molecule has 1 aromatic rings. The molecule has 3 nitrogen and oxygen atoms in total. The van der Waals surface area contributed by atoms with E-state index < -0.39 is 17.3 Å². The van der Waals surface area contributed by atoms with E-state index in [1.54, 1.807) is 6.07 Å². The lowest BCUT2D eigenvalue weighted by Gasteiger charge is -2.20. The second-order valence-corrected chi connectivity index (χ2v) is 4.66. The molecule has 2 rings (SSSR count). The number of carboxylic acid groups (broad SMARTS) is 1. The Kier molecular flexibility index (Phi) is 2.80. The molecule has 98 valence electrons. The largest absolute Gasteiger partial charge is 0.496 e. The minimum Gasteiger partial charge on any atom is -0.496 e. The van der Waals surface area contributed by atoms with Gasteiger partial charge in [-0.05, 0) is 18.9 Å². The number of rotatable bonds is 4. The quantitative estimate of drug-likeness (QED) is 0.901. The van der Waals surface area contributed by atoms with Crippen LogP contribution in [0, 0.1) is 0 Å². The molecule has 0 unspecified atom stereocenters. The lowest BCUT2D eigenvalue weighted by molar-refractivity contribution is -0.140. The second-order valence-electron chi connectivity index (χ2n) is 4.66. The van der Waals surface area contributed by atoms with Crippen LogP contribution in [0.5, 0.6) is 5.75 Å². The topological polar surface area (TPSA) is 46.5 Å². The zero-order chi connectivity index (χ0) is 13.6. The first kappa shape index (κ1) is 12.8. The Bertz CT molecular complexity index is 487. The molecule has 0 radical (unpaired) electrons. The molecule has 0 aliphatic heterocycles. The molecule has 1 fully saturated rings. The summed E-state index contributed by atoms with van der Waals surface area (Å²) in [5.41, 5.74) is -0.973. The molecule has 18 heavy (non-hydrogen) atoms. The zero-order valence-electron chi connectivity index (χ0n) is 10.2. The molecule has 1 aromatic carbocycles. The van der Waals surface area contributed by atoms with Gasteiger partial charge in [-0.2, -0.15) is 0 Å². The molecular weight excluding hydrogens is 242 g/mol. The van der Waals surface area contributed by atoms with Crippen LogP contribution in [0.25, 0.3) is 0 Å². The fraction of sp³-hybridized carbons (Fsp3) is 0.462. The van der Waals surface area contributed by atoms with Crippen LogP contribution < -0.4 is 4.74 Å². The van der Waals surface area contributed by atoms with Gasteiger partial charge in [0.05, 0.1) is 18.1 Å². The highest BCUT2D eigenvalue weighted by atomic mass is 19.3. The van der Waals surface area contributed by atoms with E-state index in [0.29, 0.717) is 18.4 Å². The Labute approximate surface area is 103 Å². The number of hydrogen-bond donors (Lipinski definition) is 1. The number of halogens is 2. The van der Waals surface area contributed by atoms with Gasteiger partial charge in [-0.3, -0.25) is 4.79 Å². The summed E-state index contributed by atoms with van der Waals surface area (Å²) in [5.74, 6) is -4.06. The van der Waals surface area contributed by atoms with Gasteiger partial charge in [0.2, 0.25) is 0 Å². The van der Waals surface area contributed by atoms with Gasteiger partial charge in [-0.1, -0.05) is 12.1 Å². The van der Waals surface area contributed by atoms with Gasteiger partial charge in [0.15, 0.2) is 0 Å². The van der Waals surface area contributed by atoms with Crippen LogP contribution in [0.1, 0.15) is 30.9 Å². The van der Waals surface area contributed by atoms with Crippen molar-refractivity contribution in [2.24, 2.45) is 0 Å². The standard InChI is InChI=1S/C13H14F2O3/c1-12(14,15)8-4-3-5-9(10(8)18-2)13(6-7-13)11(16)17/h3-5H,6-7H2,1-2H3,(H,16,17). The Morgan fingerprint density at radius 1 is 1.44 bits per heavy atom. The predicted molar refractivity (Wildman–Crippen MR) is 61.1 cm³/mol. The number of alkyl halides is 2. The molecule has 1 N–H and O–H groups in total. The summed E-state index contributed by atoms with van der Waals surface area (Å²) in [6.07, 6.45) is 0.912. The highest BCUT2D eigenvalue weighted by Crippen LogP contribution is 2.53. The van der Waals surface area contributed by atoms with Gasteiger partial charge in [-0.15, -0.1) is 0 Å². The Balaban J connectivity index is 2.60. The van der Waals surface area contributed by atoms with Crippen LogP contribution in [-0.4, -0.2) is 18.2 Å². The predicted octanol–water partition coefficient (Wildman–Crippen LogP) is 2.92. The molecular formula is C13H14F2O3. The van der Waals surface area contributed by atoms with Crippen molar-refractivity contribution in [2.75, 3.05) is 7.11 Å². The summed E-state index contributed by atoms with van der Waals surface area (Å²) < 4.78 is 32.0. The minimum atomic E-state index is -3.06. The van der Waals surface area contributed by atoms with E-state index in [1.165, 1.54) is 19.2 Å². The van der Waals surface area contributed by atoms with Crippen molar-refractivity contribution in [3.05, 3.63) is 29.3 Å². The molecule has 0 spiro atoms. The maximum atomic E-state index is 13.5. The smallest absolute Gasteiger partial charge is 0.314 e. The summed E-state index contributed by atoms with van der Waals surface area (Å²) in [7, 11) is 1.28. The Morgan fingerprint density at radius 3 is 2.44 bits per heavy atom. The summed E-state index contributed by atoms with van der Waals surface area (Å²) in [4.78, 5) is 11.3. The van der Waals surface area contributed by atoms with E-state index in [9.17, 15) is 18.7 Å². The van der Waals surface area contributed by atoms with Gasteiger partial charge < -0.3 is 9.84 Å². The van der Waals surface area contributed by atoms with Crippen LogP contribution >= 0.6 is 0 Å². The molecule has 1 saturated carbocycles. The highest BCUT2D eigenvalue weighted by Gasteiger charge is 2.54. The van der Waals surface area contributed by atoms with Gasteiger partial charge in [0.25, 0.3) is 5.92 Å². The van der Waals surface area contributed by atoms with Gasteiger partial charge in [-0.25, -0.2) is 8.78 Å². The summed E-state index contributed by atoms with van der Waals surface area (Å²) in [6.45, 7) is 0.773. The maximum Gasteiger partial charge on any atom is 0.314 e. The number of aliphatic carboxylic acids is 1. The summed E-state index contributed by atoms with van der Waals surface area (Å²) in [6, 6.07) is 4.27. The van der Waals surface area contributed by atoms with E-state index in [1.807, 2.05) is 0 Å². The average molecular weight is 256 g/mol. The second kappa shape index (κ2) is 3.93. The number of hydrogen-bond acceptors (Lipinski definition) is 2. The van der Waals surface area contributed by atoms with Crippen molar-refractivity contribution in [3.63, 3.8) is 0 Å². The van der Waals surface area contributed by atoms with Crippen LogP contribution in [0.2, 0.25) is 0 Å². The molecule has 0 bridgehead atoms. The molecule has 0 atom stereocenters. The Hall–Kier alpha value is -1.65. The van der Waals surface area contributed by atoms with Crippen molar-refractivity contribution in [2.45, 2.75) is 31.1 Å². The first-order chi connectivity index (χ1) is 8.33. The zero-order valence-corrected chi connectivity index (χ0v) is 10.2.